The molecule has 0 aliphatic carbocycles. The minimum absolute atomic E-state index is 0.300. The molecule has 1 aliphatic rings. The van der Waals surface area contributed by atoms with Crippen LogP contribution >= 0.6 is 11.8 Å². The molecule has 2 nitrogen and oxygen atoms in total. The molecule has 64 valence electrons. The van der Waals surface area contributed by atoms with E-state index in [1.54, 1.807) is 6.92 Å². The molecule has 0 aromatic rings. The van der Waals surface area contributed by atoms with E-state index in [0.29, 0.717) is 11.5 Å². The van der Waals surface area contributed by atoms with Crippen molar-refractivity contribution in [1.82, 2.24) is 5.32 Å². The summed E-state index contributed by atoms with van der Waals surface area (Å²) in [5.74, 6) is 0.999. The van der Waals surface area contributed by atoms with Crippen LogP contribution < -0.4 is 5.32 Å². The van der Waals surface area contributed by atoms with Gasteiger partial charge in [-0.05, 0) is 32.9 Å². The molecular formula is C8H15NOS. The molecule has 1 N–H and O–H groups in total. The first-order valence-corrected chi connectivity index (χ1v) is 5.15. The van der Waals surface area contributed by atoms with Gasteiger partial charge in [-0.25, -0.2) is 0 Å². The van der Waals surface area contributed by atoms with Crippen LogP contribution in [-0.2, 0) is 4.79 Å². The average Bonchev–Trinajstić information content (AvgIpc) is 2.03. The van der Waals surface area contributed by atoms with Crippen molar-refractivity contribution in [2.45, 2.75) is 25.0 Å². The van der Waals surface area contributed by atoms with Crippen LogP contribution in [0.1, 0.15) is 19.8 Å². The first kappa shape index (κ1) is 9.07. The van der Waals surface area contributed by atoms with Crippen molar-refractivity contribution in [2.75, 3.05) is 18.8 Å². The number of thioether (sulfide) groups is 1. The normalized spacial score (nSPS) is 20.1. The summed E-state index contributed by atoms with van der Waals surface area (Å²) in [6.45, 7) is 3.90. The molecule has 0 amide bonds. The molecule has 1 heterocycles. The van der Waals surface area contributed by atoms with Crippen LogP contribution in [0.4, 0.5) is 0 Å². The van der Waals surface area contributed by atoms with E-state index in [1.165, 1.54) is 12.8 Å². The van der Waals surface area contributed by atoms with Crippen molar-refractivity contribution in [3.8, 4) is 0 Å². The van der Waals surface area contributed by atoms with Crippen molar-refractivity contribution in [3.63, 3.8) is 0 Å². The van der Waals surface area contributed by atoms with E-state index in [2.05, 4.69) is 5.32 Å². The molecule has 0 bridgehead atoms. The molecule has 0 saturated carbocycles. The molecule has 1 rings (SSSR count). The van der Waals surface area contributed by atoms with E-state index in [1.807, 2.05) is 11.8 Å². The Kier molecular flexibility index (Phi) is 3.94. The van der Waals surface area contributed by atoms with Gasteiger partial charge in [0.2, 0.25) is 0 Å². The van der Waals surface area contributed by atoms with Gasteiger partial charge in [-0.1, -0.05) is 0 Å². The Balaban J connectivity index is 2.09. The Morgan fingerprint density at radius 3 is 2.73 bits per heavy atom. The Morgan fingerprint density at radius 1 is 1.55 bits per heavy atom. The van der Waals surface area contributed by atoms with Crippen molar-refractivity contribution >= 4 is 17.5 Å². The van der Waals surface area contributed by atoms with Gasteiger partial charge in [0.05, 0.1) is 5.75 Å². The molecule has 1 fully saturated rings. The highest BCUT2D eigenvalue weighted by atomic mass is 32.2. The largest absolute Gasteiger partial charge is 0.317 e. The highest BCUT2D eigenvalue weighted by Crippen LogP contribution is 2.19. The van der Waals surface area contributed by atoms with Crippen molar-refractivity contribution < 1.29 is 4.79 Å². The molecule has 0 aromatic carbocycles. The van der Waals surface area contributed by atoms with Gasteiger partial charge in [0.25, 0.3) is 0 Å². The highest BCUT2D eigenvalue weighted by molar-refractivity contribution is 8.00. The van der Waals surface area contributed by atoms with Crippen LogP contribution in [0.15, 0.2) is 0 Å². The average molecular weight is 173 g/mol. The summed E-state index contributed by atoms with van der Waals surface area (Å²) < 4.78 is 0. The fourth-order valence-corrected chi connectivity index (χ4v) is 2.24. The number of nitrogens with one attached hydrogen (secondary N) is 1. The van der Waals surface area contributed by atoms with Crippen molar-refractivity contribution in [2.24, 2.45) is 0 Å². The predicted octanol–water partition coefficient (Wildman–Crippen LogP) is 1.06. The summed E-state index contributed by atoms with van der Waals surface area (Å²) in [6, 6.07) is 0. The van der Waals surface area contributed by atoms with Gasteiger partial charge in [-0.2, -0.15) is 11.8 Å². The molecule has 0 unspecified atom stereocenters. The number of hydrogen-bond acceptors (Lipinski definition) is 3. The summed E-state index contributed by atoms with van der Waals surface area (Å²) in [4.78, 5) is 10.6. The van der Waals surface area contributed by atoms with E-state index < -0.39 is 0 Å². The zero-order valence-electron chi connectivity index (χ0n) is 6.93. The first-order chi connectivity index (χ1) is 5.29. The number of ketones is 1. The van der Waals surface area contributed by atoms with Gasteiger partial charge >= 0.3 is 0 Å². The maximum absolute atomic E-state index is 10.6. The number of piperidine rings is 1. The van der Waals surface area contributed by atoms with E-state index in [9.17, 15) is 4.79 Å². The topological polar surface area (TPSA) is 29.1 Å². The molecule has 0 atom stereocenters. The standard InChI is InChI=1S/C8H15NOS/c1-7(10)6-11-8-2-4-9-5-3-8/h8-9H,2-6H2,1H3. The zero-order chi connectivity index (χ0) is 8.10. The predicted molar refractivity (Wildman–Crippen MR) is 49.0 cm³/mol. The fraction of sp³-hybridized carbons (Fsp3) is 0.875. The third-order valence-corrected chi connectivity index (χ3v) is 3.32. The quantitative estimate of drug-likeness (QED) is 0.692. The van der Waals surface area contributed by atoms with E-state index in [0.717, 1.165) is 18.3 Å². The van der Waals surface area contributed by atoms with Crippen LogP contribution in [0, 0.1) is 0 Å². The summed E-state index contributed by atoms with van der Waals surface area (Å²) in [6.07, 6.45) is 2.44. The van der Waals surface area contributed by atoms with Gasteiger partial charge in [-0.3, -0.25) is 4.79 Å². The Hall–Kier alpha value is -0.0200. The van der Waals surface area contributed by atoms with Crippen LogP contribution in [0.5, 0.6) is 0 Å². The monoisotopic (exact) mass is 173 g/mol. The SMILES string of the molecule is CC(=O)CSC1CCNCC1. The molecule has 1 saturated heterocycles. The van der Waals surface area contributed by atoms with Gasteiger partial charge < -0.3 is 5.32 Å². The number of carbonyl (C=O) groups is 1. The second-order valence-electron chi connectivity index (χ2n) is 2.96. The third-order valence-electron chi connectivity index (χ3n) is 1.81. The second kappa shape index (κ2) is 4.78. The lowest BCUT2D eigenvalue weighted by Gasteiger charge is -2.21. The molecule has 11 heavy (non-hydrogen) atoms. The highest BCUT2D eigenvalue weighted by Gasteiger charge is 2.13. The molecular weight excluding hydrogens is 158 g/mol. The summed E-state index contributed by atoms with van der Waals surface area (Å²) in [5.41, 5.74) is 0. The number of carbonyl (C=O) groups excluding carboxylic acids is 1. The fourth-order valence-electron chi connectivity index (χ4n) is 1.20. The lowest BCUT2D eigenvalue weighted by molar-refractivity contribution is -0.114. The Morgan fingerprint density at radius 2 is 2.18 bits per heavy atom. The number of Topliss-reactive ketones (excluding diaryl/α,β-unsaturated/α-hetero) is 1. The van der Waals surface area contributed by atoms with Gasteiger partial charge in [0.1, 0.15) is 5.78 Å². The molecule has 0 spiro atoms. The van der Waals surface area contributed by atoms with Crippen LogP contribution in [0.3, 0.4) is 0 Å². The van der Waals surface area contributed by atoms with E-state index in [4.69, 9.17) is 0 Å². The number of hydrogen-bond donors (Lipinski definition) is 1. The summed E-state index contributed by atoms with van der Waals surface area (Å²) >= 11 is 1.82. The van der Waals surface area contributed by atoms with Gasteiger partial charge in [-0.15, -0.1) is 0 Å². The maximum Gasteiger partial charge on any atom is 0.139 e. The van der Waals surface area contributed by atoms with Crippen LogP contribution in [0.25, 0.3) is 0 Å². The third kappa shape index (κ3) is 3.77. The van der Waals surface area contributed by atoms with Crippen molar-refractivity contribution in [1.29, 1.82) is 0 Å². The maximum atomic E-state index is 10.6. The molecule has 3 heteroatoms. The Bertz CT molecular complexity index is 132. The molecule has 1 aliphatic heterocycles. The molecule has 0 aromatic heterocycles. The second-order valence-corrected chi connectivity index (χ2v) is 4.25. The smallest absolute Gasteiger partial charge is 0.139 e. The molecule has 0 radical (unpaired) electrons. The van der Waals surface area contributed by atoms with Crippen LogP contribution in [-0.4, -0.2) is 29.9 Å². The zero-order valence-corrected chi connectivity index (χ0v) is 7.75. The lowest BCUT2D eigenvalue weighted by atomic mass is 10.2. The Labute approximate surface area is 72.1 Å². The van der Waals surface area contributed by atoms with Crippen LogP contribution in [0.2, 0.25) is 0 Å². The minimum atomic E-state index is 0.300. The number of rotatable bonds is 3. The van der Waals surface area contributed by atoms with Gasteiger partial charge in [0.15, 0.2) is 0 Å². The summed E-state index contributed by atoms with van der Waals surface area (Å²) in [5, 5.41) is 4.03. The summed E-state index contributed by atoms with van der Waals surface area (Å²) in [7, 11) is 0. The lowest BCUT2D eigenvalue weighted by Crippen LogP contribution is -2.29. The van der Waals surface area contributed by atoms with Gasteiger partial charge in [0, 0.05) is 5.25 Å². The van der Waals surface area contributed by atoms with E-state index in [-0.39, 0.29) is 0 Å². The first-order valence-electron chi connectivity index (χ1n) is 4.11. The van der Waals surface area contributed by atoms with Crippen molar-refractivity contribution in [3.05, 3.63) is 0 Å². The minimum Gasteiger partial charge on any atom is -0.317 e. The van der Waals surface area contributed by atoms with E-state index >= 15 is 0 Å².